The van der Waals surface area contributed by atoms with Gasteiger partial charge in [-0.15, -0.1) is 0 Å². The topological polar surface area (TPSA) is 103 Å². The highest BCUT2D eigenvalue weighted by Gasteiger charge is 2.23. The quantitative estimate of drug-likeness (QED) is 0.340. The van der Waals surface area contributed by atoms with Crippen LogP contribution in [-0.4, -0.2) is 50.7 Å². The van der Waals surface area contributed by atoms with Crippen molar-refractivity contribution in [3.8, 4) is 0 Å². The maximum Gasteiger partial charge on any atom is 0.336 e. The molecule has 9 heteroatoms. The van der Waals surface area contributed by atoms with Gasteiger partial charge >= 0.3 is 5.97 Å². The first-order valence-corrected chi connectivity index (χ1v) is 14.4. The molecule has 0 radical (unpaired) electrons. The van der Waals surface area contributed by atoms with Crippen molar-refractivity contribution in [1.29, 1.82) is 0 Å². The summed E-state index contributed by atoms with van der Waals surface area (Å²) in [5, 5.41) is 10.4. The summed E-state index contributed by atoms with van der Waals surface area (Å²) in [6.45, 7) is 11.0. The van der Waals surface area contributed by atoms with Gasteiger partial charge in [-0.3, -0.25) is 4.72 Å². The van der Waals surface area contributed by atoms with Crippen LogP contribution in [0.15, 0.2) is 65.6 Å². The molecule has 0 spiro atoms. The number of piperazine rings is 1. The van der Waals surface area contributed by atoms with Gasteiger partial charge in [-0.25, -0.2) is 18.2 Å². The molecule has 0 amide bonds. The van der Waals surface area contributed by atoms with Gasteiger partial charge in [0.1, 0.15) is 5.82 Å². The van der Waals surface area contributed by atoms with Gasteiger partial charge in [-0.2, -0.15) is 0 Å². The molecule has 0 saturated carbocycles. The third-order valence-corrected chi connectivity index (χ3v) is 8.97. The monoisotopic (exact) mass is 544 g/mol. The average molecular weight is 545 g/mol. The van der Waals surface area contributed by atoms with E-state index in [-0.39, 0.29) is 16.1 Å². The molecule has 0 aliphatic carbocycles. The second-order valence-corrected chi connectivity index (χ2v) is 11.8. The molecule has 2 N–H and O–H groups in total. The number of aromatic carboxylic acids is 1. The van der Waals surface area contributed by atoms with E-state index in [0.717, 1.165) is 24.2 Å². The smallest absolute Gasteiger partial charge is 0.336 e. The maximum atomic E-state index is 13.0. The van der Waals surface area contributed by atoms with Crippen molar-refractivity contribution < 1.29 is 18.3 Å². The number of anilines is 3. The normalized spacial score (nSPS) is 14.1. The number of carbonyl (C=O) groups is 1. The minimum absolute atomic E-state index is 0.0826. The largest absolute Gasteiger partial charge is 0.478 e. The molecule has 1 aliphatic rings. The molecule has 4 aromatic rings. The first kappa shape index (κ1) is 26.5. The lowest BCUT2D eigenvalue weighted by molar-refractivity contribution is 0.0699. The number of pyridine rings is 1. The van der Waals surface area contributed by atoms with E-state index in [2.05, 4.69) is 46.6 Å². The van der Waals surface area contributed by atoms with E-state index in [1.165, 1.54) is 22.9 Å². The number of rotatable bonds is 6. The summed E-state index contributed by atoms with van der Waals surface area (Å²) in [7, 11) is -3.84. The van der Waals surface area contributed by atoms with Crippen LogP contribution in [0.2, 0.25) is 0 Å². The van der Waals surface area contributed by atoms with E-state index in [4.69, 9.17) is 4.98 Å². The molecule has 8 nitrogen and oxygen atoms in total. The molecule has 1 aromatic heterocycles. The number of nitrogens with one attached hydrogen (secondary N) is 1. The Morgan fingerprint density at radius 1 is 0.846 bits per heavy atom. The van der Waals surface area contributed by atoms with Crippen LogP contribution in [0.4, 0.5) is 17.2 Å². The van der Waals surface area contributed by atoms with E-state index in [1.54, 1.807) is 36.4 Å². The van der Waals surface area contributed by atoms with Crippen molar-refractivity contribution in [3.05, 3.63) is 88.5 Å². The molecule has 2 heterocycles. The summed E-state index contributed by atoms with van der Waals surface area (Å²) in [5.74, 6) is -0.490. The number of benzene rings is 3. The molecule has 5 rings (SSSR count). The highest BCUT2D eigenvalue weighted by Crippen LogP contribution is 2.29. The Bertz CT molecular complexity index is 1690. The second-order valence-electron chi connectivity index (χ2n) is 10.1. The molecule has 3 aromatic carbocycles. The fraction of sp³-hybridized carbons (Fsp3) is 0.267. The van der Waals surface area contributed by atoms with Crippen molar-refractivity contribution in [2.24, 2.45) is 0 Å². The molecule has 0 atom stereocenters. The number of hydrogen-bond donors (Lipinski definition) is 2. The van der Waals surface area contributed by atoms with Crippen LogP contribution in [0.3, 0.4) is 0 Å². The number of aromatic nitrogens is 1. The zero-order chi connectivity index (χ0) is 27.9. The van der Waals surface area contributed by atoms with E-state index < -0.39 is 16.0 Å². The number of nitrogens with zero attached hydrogens (tertiary/aromatic N) is 3. The van der Waals surface area contributed by atoms with Crippen molar-refractivity contribution in [3.63, 3.8) is 0 Å². The first-order valence-electron chi connectivity index (χ1n) is 12.9. The molecule has 0 unspecified atom stereocenters. The summed E-state index contributed by atoms with van der Waals surface area (Å²) in [5.41, 5.74) is 6.48. The minimum atomic E-state index is -3.84. The standard InChI is InChI=1S/C30H32N4O4S/c1-19-8-10-24(16-21(19)3)39(37,38)32-23-9-11-27-25(17-23)26(30(35)36)18-29(31-27)34-14-12-33(13-15-34)28-7-5-6-20(2)22(28)4/h5-11,16-18,32H,12-15H2,1-4H3,(H,35,36). The van der Waals surface area contributed by atoms with Gasteiger partial charge < -0.3 is 14.9 Å². The molecule has 39 heavy (non-hydrogen) atoms. The van der Waals surface area contributed by atoms with Crippen molar-refractivity contribution >= 4 is 44.1 Å². The Morgan fingerprint density at radius 2 is 1.56 bits per heavy atom. The molecule has 1 aliphatic heterocycles. The SMILES string of the molecule is Cc1ccc(S(=O)(=O)Nc2ccc3nc(N4CCN(c5cccc(C)c5C)CC4)cc(C(=O)O)c3c2)cc1C. The van der Waals surface area contributed by atoms with Crippen LogP contribution in [-0.2, 0) is 10.0 Å². The van der Waals surface area contributed by atoms with Crippen molar-refractivity contribution in [1.82, 2.24) is 4.98 Å². The van der Waals surface area contributed by atoms with E-state index in [1.807, 2.05) is 13.8 Å². The Labute approximate surface area is 229 Å². The van der Waals surface area contributed by atoms with Crippen molar-refractivity contribution in [2.75, 3.05) is 40.7 Å². The molecule has 1 fully saturated rings. The van der Waals surface area contributed by atoms with Crippen LogP contribution >= 0.6 is 0 Å². The fourth-order valence-electron chi connectivity index (χ4n) is 4.96. The number of aryl methyl sites for hydroxylation is 3. The van der Waals surface area contributed by atoms with Gasteiger partial charge in [0.05, 0.1) is 16.0 Å². The zero-order valence-corrected chi connectivity index (χ0v) is 23.3. The first-order chi connectivity index (χ1) is 18.5. The van der Waals surface area contributed by atoms with Gasteiger partial charge in [0.2, 0.25) is 0 Å². The van der Waals surface area contributed by atoms with Crippen LogP contribution in [0, 0.1) is 27.7 Å². The number of carboxylic acids is 1. The van der Waals surface area contributed by atoms with Crippen molar-refractivity contribution in [2.45, 2.75) is 32.6 Å². The van der Waals surface area contributed by atoms with Gasteiger partial charge in [0.25, 0.3) is 10.0 Å². The predicted molar refractivity (Wildman–Crippen MR) is 156 cm³/mol. The fourth-order valence-corrected chi connectivity index (χ4v) is 6.10. The molecule has 202 valence electrons. The predicted octanol–water partition coefficient (Wildman–Crippen LogP) is 5.29. The second kappa shape index (κ2) is 10.2. The van der Waals surface area contributed by atoms with Crippen LogP contribution < -0.4 is 14.5 Å². The maximum absolute atomic E-state index is 13.0. The van der Waals surface area contributed by atoms with E-state index in [0.29, 0.717) is 29.8 Å². The summed E-state index contributed by atoms with van der Waals surface area (Å²) in [6.07, 6.45) is 0. The number of carboxylic acid groups (broad SMARTS) is 1. The third-order valence-electron chi connectivity index (χ3n) is 7.59. The average Bonchev–Trinajstić information content (AvgIpc) is 2.91. The third kappa shape index (κ3) is 5.27. The number of fused-ring (bicyclic) bond motifs is 1. The van der Waals surface area contributed by atoms with E-state index in [9.17, 15) is 18.3 Å². The Morgan fingerprint density at radius 3 is 2.26 bits per heavy atom. The van der Waals surface area contributed by atoms with E-state index >= 15 is 0 Å². The van der Waals surface area contributed by atoms with Gasteiger partial charge in [-0.1, -0.05) is 18.2 Å². The lowest BCUT2D eigenvalue weighted by atomic mass is 10.1. The highest BCUT2D eigenvalue weighted by atomic mass is 32.2. The van der Waals surface area contributed by atoms with Crippen LogP contribution in [0.5, 0.6) is 0 Å². The number of sulfonamides is 1. The molecular formula is C30H32N4O4S. The summed E-state index contributed by atoms with van der Waals surface area (Å²) in [4.78, 5) is 21.6. The van der Waals surface area contributed by atoms with Crippen LogP contribution in [0.25, 0.3) is 10.9 Å². The van der Waals surface area contributed by atoms with Gasteiger partial charge in [0, 0.05) is 42.9 Å². The minimum Gasteiger partial charge on any atom is -0.478 e. The molecule has 1 saturated heterocycles. The lowest BCUT2D eigenvalue weighted by Gasteiger charge is -2.37. The Hall–Kier alpha value is -4.11. The summed E-state index contributed by atoms with van der Waals surface area (Å²) >= 11 is 0. The van der Waals surface area contributed by atoms with Gasteiger partial charge in [-0.05, 0) is 92.4 Å². The lowest BCUT2D eigenvalue weighted by Crippen LogP contribution is -2.47. The summed E-state index contributed by atoms with van der Waals surface area (Å²) in [6, 6.07) is 17.7. The highest BCUT2D eigenvalue weighted by molar-refractivity contribution is 7.92. The Kier molecular flexibility index (Phi) is 6.94. The number of hydrogen-bond acceptors (Lipinski definition) is 6. The molecular weight excluding hydrogens is 512 g/mol. The van der Waals surface area contributed by atoms with Crippen LogP contribution in [0.1, 0.15) is 32.6 Å². The zero-order valence-electron chi connectivity index (χ0n) is 22.5. The summed E-state index contributed by atoms with van der Waals surface area (Å²) < 4.78 is 28.6. The van der Waals surface area contributed by atoms with Gasteiger partial charge in [0.15, 0.2) is 0 Å². The molecule has 0 bridgehead atoms. The Balaban J connectivity index is 1.41.